The van der Waals surface area contributed by atoms with E-state index in [9.17, 15) is 22.8 Å². The first-order valence-corrected chi connectivity index (χ1v) is 13.2. The van der Waals surface area contributed by atoms with Crippen LogP contribution in [0.15, 0.2) is 47.1 Å². The number of aromatic nitrogens is 2. The van der Waals surface area contributed by atoms with Crippen molar-refractivity contribution in [2.75, 3.05) is 13.1 Å². The first kappa shape index (κ1) is 26.9. The molecule has 1 aliphatic carbocycles. The van der Waals surface area contributed by atoms with Crippen LogP contribution in [0.2, 0.25) is 0 Å². The fraction of sp³-hybridized carbons (Fsp3) is 0.429. The Morgan fingerprint density at radius 2 is 1.82 bits per heavy atom. The number of hydrogen-bond acceptors (Lipinski definition) is 6. The predicted octanol–water partition coefficient (Wildman–Crippen LogP) is 4.39. The molecular formula is C28H30F3N5O3. The lowest BCUT2D eigenvalue weighted by Crippen LogP contribution is -2.57. The molecule has 1 aromatic carbocycles. The average Bonchev–Trinajstić information content (AvgIpc) is 3.62. The van der Waals surface area contributed by atoms with Crippen LogP contribution in [0.3, 0.4) is 0 Å². The third-order valence-electron chi connectivity index (χ3n) is 7.62. The zero-order valence-corrected chi connectivity index (χ0v) is 21.5. The molecule has 3 atom stereocenters. The van der Waals surface area contributed by atoms with Gasteiger partial charge in [-0.15, -0.1) is 0 Å². The molecule has 0 radical (unpaired) electrons. The number of pyridine rings is 1. The number of carbonyl (C=O) groups excluding carboxylic acids is 2. The maximum atomic E-state index is 14.2. The van der Waals surface area contributed by atoms with Gasteiger partial charge in [0.15, 0.2) is 11.5 Å². The van der Waals surface area contributed by atoms with Crippen molar-refractivity contribution in [2.24, 2.45) is 5.92 Å². The van der Waals surface area contributed by atoms with Gasteiger partial charge in [0.2, 0.25) is 5.91 Å². The monoisotopic (exact) mass is 541 g/mol. The summed E-state index contributed by atoms with van der Waals surface area (Å²) < 4.78 is 46.7. The number of amides is 2. The number of likely N-dealkylation sites (tertiary alicyclic amines) is 1. The molecule has 3 heterocycles. The van der Waals surface area contributed by atoms with Crippen LogP contribution < -0.4 is 10.6 Å². The number of rotatable bonds is 7. The second kappa shape index (κ2) is 11.6. The van der Waals surface area contributed by atoms with Crippen LogP contribution in [0.1, 0.15) is 61.3 Å². The molecule has 2 fully saturated rings. The SMILES string of the molecule is C[C@@H](NC(=O)[C@H]1CN(C2CCCC2)CC[C@@H]1NC(=O)c1cc(-c2c(F)cc(F)cc2F)on1)c1ccccn1. The number of benzene rings is 1. The van der Waals surface area contributed by atoms with Crippen molar-refractivity contribution in [3.63, 3.8) is 0 Å². The highest BCUT2D eigenvalue weighted by atomic mass is 19.1. The largest absolute Gasteiger partial charge is 0.355 e. The van der Waals surface area contributed by atoms with Gasteiger partial charge in [-0.05, 0) is 38.3 Å². The van der Waals surface area contributed by atoms with E-state index >= 15 is 0 Å². The molecule has 39 heavy (non-hydrogen) atoms. The number of piperidine rings is 1. The summed E-state index contributed by atoms with van der Waals surface area (Å²) in [6, 6.07) is 7.24. The Labute approximate surface area is 224 Å². The summed E-state index contributed by atoms with van der Waals surface area (Å²) >= 11 is 0. The van der Waals surface area contributed by atoms with E-state index in [2.05, 4.69) is 25.7 Å². The van der Waals surface area contributed by atoms with Gasteiger partial charge in [0.25, 0.3) is 5.91 Å². The molecule has 0 bridgehead atoms. The van der Waals surface area contributed by atoms with Gasteiger partial charge >= 0.3 is 0 Å². The summed E-state index contributed by atoms with van der Waals surface area (Å²) in [5.41, 5.74) is -0.0915. The predicted molar refractivity (Wildman–Crippen MR) is 136 cm³/mol. The lowest BCUT2D eigenvalue weighted by Gasteiger charge is -2.41. The van der Waals surface area contributed by atoms with Gasteiger partial charge in [0.05, 0.1) is 23.2 Å². The lowest BCUT2D eigenvalue weighted by molar-refractivity contribution is -0.128. The molecule has 2 aliphatic rings. The van der Waals surface area contributed by atoms with Crippen molar-refractivity contribution < 1.29 is 27.3 Å². The summed E-state index contributed by atoms with van der Waals surface area (Å²) in [5, 5.41) is 9.58. The van der Waals surface area contributed by atoms with E-state index in [1.165, 1.54) is 12.8 Å². The van der Waals surface area contributed by atoms with E-state index in [4.69, 9.17) is 4.52 Å². The van der Waals surface area contributed by atoms with Crippen molar-refractivity contribution >= 4 is 11.8 Å². The summed E-state index contributed by atoms with van der Waals surface area (Å²) in [6.45, 7) is 3.08. The second-order valence-corrected chi connectivity index (χ2v) is 10.2. The van der Waals surface area contributed by atoms with Crippen LogP contribution in [-0.4, -0.2) is 52.0 Å². The summed E-state index contributed by atoms with van der Waals surface area (Å²) in [4.78, 5) is 33.2. The van der Waals surface area contributed by atoms with Crippen molar-refractivity contribution in [2.45, 2.75) is 57.2 Å². The van der Waals surface area contributed by atoms with Crippen molar-refractivity contribution in [1.29, 1.82) is 0 Å². The molecule has 8 nitrogen and oxygen atoms in total. The number of nitrogens with one attached hydrogen (secondary N) is 2. The number of halogens is 3. The zero-order valence-electron chi connectivity index (χ0n) is 21.5. The van der Waals surface area contributed by atoms with Crippen molar-refractivity contribution in [3.05, 3.63) is 71.4 Å². The highest BCUT2D eigenvalue weighted by molar-refractivity contribution is 5.94. The fourth-order valence-corrected chi connectivity index (χ4v) is 5.56. The molecule has 3 aromatic rings. The Hall–Kier alpha value is -3.73. The van der Waals surface area contributed by atoms with Gasteiger partial charge in [-0.3, -0.25) is 19.5 Å². The maximum absolute atomic E-state index is 14.2. The van der Waals surface area contributed by atoms with Crippen molar-refractivity contribution in [3.8, 4) is 11.3 Å². The van der Waals surface area contributed by atoms with E-state index in [-0.39, 0.29) is 23.4 Å². The number of hydrogen-bond donors (Lipinski definition) is 2. The second-order valence-electron chi connectivity index (χ2n) is 10.2. The van der Waals surface area contributed by atoms with E-state index in [1.54, 1.807) is 12.3 Å². The van der Waals surface area contributed by atoms with Crippen LogP contribution in [0, 0.1) is 23.4 Å². The average molecular weight is 542 g/mol. The minimum atomic E-state index is -1.17. The van der Waals surface area contributed by atoms with Gasteiger partial charge in [0, 0.05) is 49.6 Å². The third-order valence-corrected chi connectivity index (χ3v) is 7.62. The molecule has 2 N–H and O–H groups in total. The molecule has 1 saturated heterocycles. The van der Waals surface area contributed by atoms with Crippen LogP contribution >= 0.6 is 0 Å². The number of nitrogens with zero attached hydrogens (tertiary/aromatic N) is 3. The van der Waals surface area contributed by atoms with Gasteiger partial charge in [0.1, 0.15) is 17.5 Å². The van der Waals surface area contributed by atoms with Crippen LogP contribution in [-0.2, 0) is 4.79 Å². The summed E-state index contributed by atoms with van der Waals surface area (Å²) in [6.07, 6.45) is 6.72. The quantitative estimate of drug-likeness (QED) is 0.460. The minimum Gasteiger partial charge on any atom is -0.355 e. The Balaban J connectivity index is 1.32. The van der Waals surface area contributed by atoms with Crippen LogP contribution in [0.25, 0.3) is 11.3 Å². The Morgan fingerprint density at radius 3 is 2.51 bits per heavy atom. The summed E-state index contributed by atoms with van der Waals surface area (Å²) in [7, 11) is 0. The first-order valence-electron chi connectivity index (χ1n) is 13.2. The van der Waals surface area contributed by atoms with Gasteiger partial charge in [-0.2, -0.15) is 0 Å². The van der Waals surface area contributed by atoms with Crippen molar-refractivity contribution in [1.82, 2.24) is 25.7 Å². The molecule has 2 aromatic heterocycles. The maximum Gasteiger partial charge on any atom is 0.273 e. The Bertz CT molecular complexity index is 1310. The standard InChI is InChI=1S/C28H30F3N5O3/c1-16(22-8-4-5-10-32-22)33-27(37)19-15-36(18-6-2-3-7-18)11-9-23(19)34-28(38)24-14-25(39-35-24)26-20(30)12-17(29)13-21(26)31/h4-5,8,10,12-14,16,18-19,23H,2-3,6-7,9,11,15H2,1H3,(H,33,37)(H,34,38)/t16-,19+,23+/m1/s1. The van der Waals surface area contributed by atoms with Gasteiger partial charge in [-0.1, -0.05) is 24.1 Å². The number of carbonyl (C=O) groups is 2. The fourth-order valence-electron chi connectivity index (χ4n) is 5.56. The van der Waals surface area contributed by atoms with E-state index in [0.29, 0.717) is 31.1 Å². The van der Waals surface area contributed by atoms with E-state index < -0.39 is 40.9 Å². The first-order chi connectivity index (χ1) is 18.8. The molecule has 206 valence electrons. The molecule has 0 spiro atoms. The lowest BCUT2D eigenvalue weighted by atomic mass is 9.89. The summed E-state index contributed by atoms with van der Waals surface area (Å²) in [5.74, 6) is -5.13. The molecule has 0 unspecified atom stereocenters. The molecular weight excluding hydrogens is 511 g/mol. The third kappa shape index (κ3) is 5.98. The molecule has 5 rings (SSSR count). The highest BCUT2D eigenvalue weighted by Gasteiger charge is 2.39. The Morgan fingerprint density at radius 1 is 1.08 bits per heavy atom. The van der Waals surface area contributed by atoms with Gasteiger partial charge in [-0.25, -0.2) is 13.2 Å². The molecule has 1 saturated carbocycles. The molecule has 1 aliphatic heterocycles. The highest BCUT2D eigenvalue weighted by Crippen LogP contribution is 2.30. The normalized spacial score (nSPS) is 21.0. The minimum absolute atomic E-state index is 0.197. The van der Waals surface area contributed by atoms with E-state index in [1.807, 2.05) is 19.1 Å². The molecule has 11 heteroatoms. The smallest absolute Gasteiger partial charge is 0.273 e. The van der Waals surface area contributed by atoms with Gasteiger partial charge < -0.3 is 15.2 Å². The Kier molecular flexibility index (Phi) is 7.97. The zero-order chi connectivity index (χ0) is 27.5. The van der Waals surface area contributed by atoms with Crippen LogP contribution in [0.5, 0.6) is 0 Å². The topological polar surface area (TPSA) is 100 Å². The van der Waals surface area contributed by atoms with E-state index in [0.717, 1.165) is 31.1 Å². The van der Waals surface area contributed by atoms with Crippen LogP contribution in [0.4, 0.5) is 13.2 Å². The molecule has 2 amide bonds.